The van der Waals surface area contributed by atoms with Gasteiger partial charge in [0, 0.05) is 17.1 Å². The van der Waals surface area contributed by atoms with Crippen molar-refractivity contribution in [1.29, 1.82) is 0 Å². The topological polar surface area (TPSA) is 12.0 Å². The second-order valence-electron chi connectivity index (χ2n) is 4.56. The molecule has 1 N–H and O–H groups in total. The largest absolute Gasteiger partial charge is 0.385 e. The van der Waals surface area contributed by atoms with Crippen molar-refractivity contribution in [3.63, 3.8) is 0 Å². The Hall–Kier alpha value is -1.28. The lowest BCUT2D eigenvalue weighted by Crippen LogP contribution is -2.03. The Bertz CT molecular complexity index is 431. The number of rotatable bonds is 7. The van der Waals surface area contributed by atoms with Crippen LogP contribution >= 0.6 is 11.3 Å². The van der Waals surface area contributed by atoms with E-state index in [1.54, 1.807) is 0 Å². The Kier molecular flexibility index (Phi) is 5.28. The first-order chi connectivity index (χ1) is 8.88. The molecule has 0 saturated carbocycles. The number of unbranched alkanes of at least 4 members (excludes halogenated alkanes) is 1. The maximum Gasteiger partial charge on any atom is 0.0340 e. The van der Waals surface area contributed by atoms with Crippen LogP contribution in [0.15, 0.2) is 41.8 Å². The number of hydrogen-bond donors (Lipinski definition) is 1. The molecule has 0 aliphatic carbocycles. The third-order valence-electron chi connectivity index (χ3n) is 3.05. The molecule has 0 saturated heterocycles. The van der Waals surface area contributed by atoms with Crippen molar-refractivity contribution in [2.24, 2.45) is 0 Å². The normalized spacial score (nSPS) is 10.5. The lowest BCUT2D eigenvalue weighted by Gasteiger charge is -2.06. The molecule has 1 aromatic carbocycles. The third kappa shape index (κ3) is 4.19. The van der Waals surface area contributed by atoms with Gasteiger partial charge in [-0.1, -0.05) is 31.5 Å². The fourth-order valence-corrected chi connectivity index (χ4v) is 2.66. The molecule has 0 spiro atoms. The minimum Gasteiger partial charge on any atom is -0.385 e. The molecular weight excluding hydrogens is 238 g/mol. The molecule has 0 aliphatic heterocycles. The van der Waals surface area contributed by atoms with E-state index in [2.05, 4.69) is 54.0 Å². The van der Waals surface area contributed by atoms with E-state index in [0.29, 0.717) is 0 Å². The molecule has 2 heteroatoms. The number of benzene rings is 1. The van der Waals surface area contributed by atoms with Gasteiger partial charge in [0.25, 0.3) is 0 Å². The molecule has 0 fully saturated rings. The second kappa shape index (κ2) is 7.22. The Labute approximate surface area is 114 Å². The highest BCUT2D eigenvalue weighted by molar-refractivity contribution is 7.09. The highest BCUT2D eigenvalue weighted by atomic mass is 32.1. The molecule has 1 aromatic heterocycles. The van der Waals surface area contributed by atoms with E-state index < -0.39 is 0 Å². The van der Waals surface area contributed by atoms with Gasteiger partial charge in [0.2, 0.25) is 0 Å². The van der Waals surface area contributed by atoms with Gasteiger partial charge in [-0.15, -0.1) is 11.3 Å². The van der Waals surface area contributed by atoms with Crippen LogP contribution in [0.3, 0.4) is 0 Å². The van der Waals surface area contributed by atoms with Crippen LogP contribution < -0.4 is 5.32 Å². The van der Waals surface area contributed by atoms with Gasteiger partial charge < -0.3 is 5.32 Å². The molecule has 1 heterocycles. The van der Waals surface area contributed by atoms with Crippen LogP contribution in [0.5, 0.6) is 0 Å². The molecule has 2 rings (SSSR count). The average molecular weight is 259 g/mol. The zero-order valence-corrected chi connectivity index (χ0v) is 11.8. The molecule has 0 radical (unpaired) electrons. The van der Waals surface area contributed by atoms with E-state index >= 15 is 0 Å². The van der Waals surface area contributed by atoms with Gasteiger partial charge in [0.1, 0.15) is 0 Å². The molecule has 2 aromatic rings. The minimum atomic E-state index is 1.01. The van der Waals surface area contributed by atoms with E-state index in [9.17, 15) is 0 Å². The van der Waals surface area contributed by atoms with E-state index in [1.807, 2.05) is 11.3 Å². The lowest BCUT2D eigenvalue weighted by molar-refractivity contribution is 0.795. The number of thiophene rings is 1. The molecule has 1 nitrogen and oxygen atoms in total. The van der Waals surface area contributed by atoms with Crippen LogP contribution in [0.2, 0.25) is 0 Å². The summed E-state index contributed by atoms with van der Waals surface area (Å²) in [5, 5.41) is 5.61. The van der Waals surface area contributed by atoms with Crippen LogP contribution in [0.25, 0.3) is 0 Å². The summed E-state index contributed by atoms with van der Waals surface area (Å²) in [6, 6.07) is 13.2. The summed E-state index contributed by atoms with van der Waals surface area (Å²) in [5.74, 6) is 0. The summed E-state index contributed by atoms with van der Waals surface area (Å²) < 4.78 is 0. The van der Waals surface area contributed by atoms with Gasteiger partial charge in [-0.3, -0.25) is 0 Å². The minimum absolute atomic E-state index is 1.01. The van der Waals surface area contributed by atoms with Crippen LogP contribution in [-0.4, -0.2) is 6.54 Å². The summed E-state index contributed by atoms with van der Waals surface area (Å²) in [4.78, 5) is 1.45. The molecule has 0 bridgehead atoms. The van der Waals surface area contributed by atoms with Gasteiger partial charge in [-0.2, -0.15) is 0 Å². The van der Waals surface area contributed by atoms with Crippen molar-refractivity contribution < 1.29 is 0 Å². The van der Waals surface area contributed by atoms with Gasteiger partial charge >= 0.3 is 0 Å². The fourth-order valence-electron chi connectivity index (χ4n) is 1.96. The van der Waals surface area contributed by atoms with Crippen molar-refractivity contribution in [2.75, 3.05) is 11.9 Å². The number of anilines is 1. The maximum atomic E-state index is 3.47. The number of nitrogens with one attached hydrogen (secondary N) is 1. The summed E-state index contributed by atoms with van der Waals surface area (Å²) >= 11 is 1.83. The molecule has 0 aliphatic rings. The van der Waals surface area contributed by atoms with Gasteiger partial charge in [0.05, 0.1) is 0 Å². The zero-order valence-electron chi connectivity index (χ0n) is 11.0. The SMILES string of the molecule is CCCCc1ccc(NCCc2cccs2)cc1. The van der Waals surface area contributed by atoms with Crippen LogP contribution in [-0.2, 0) is 12.8 Å². The fraction of sp³-hybridized carbons (Fsp3) is 0.375. The van der Waals surface area contributed by atoms with Crippen LogP contribution in [0.1, 0.15) is 30.2 Å². The van der Waals surface area contributed by atoms with E-state index in [1.165, 1.54) is 35.4 Å². The van der Waals surface area contributed by atoms with E-state index in [4.69, 9.17) is 0 Å². The van der Waals surface area contributed by atoms with Crippen LogP contribution in [0.4, 0.5) is 5.69 Å². The van der Waals surface area contributed by atoms with Crippen molar-refractivity contribution in [1.82, 2.24) is 0 Å². The van der Waals surface area contributed by atoms with Gasteiger partial charge in [-0.25, -0.2) is 0 Å². The van der Waals surface area contributed by atoms with E-state index in [0.717, 1.165) is 13.0 Å². The lowest BCUT2D eigenvalue weighted by atomic mass is 10.1. The van der Waals surface area contributed by atoms with Crippen LogP contribution in [0, 0.1) is 0 Å². The zero-order chi connectivity index (χ0) is 12.6. The standard InChI is InChI=1S/C16H21NS/c1-2-3-5-14-7-9-15(10-8-14)17-12-11-16-6-4-13-18-16/h4,6-10,13,17H,2-3,5,11-12H2,1H3. The monoisotopic (exact) mass is 259 g/mol. The Morgan fingerprint density at radius 2 is 1.89 bits per heavy atom. The molecule has 96 valence electrons. The molecular formula is C16H21NS. The van der Waals surface area contributed by atoms with Gasteiger partial charge in [0.15, 0.2) is 0 Å². The summed E-state index contributed by atoms with van der Waals surface area (Å²) in [5.41, 5.74) is 2.67. The van der Waals surface area contributed by atoms with Gasteiger partial charge in [-0.05, 0) is 48.4 Å². The quantitative estimate of drug-likeness (QED) is 0.757. The summed E-state index contributed by atoms with van der Waals surface area (Å²) in [6.07, 6.45) is 4.85. The third-order valence-corrected chi connectivity index (χ3v) is 3.99. The maximum absolute atomic E-state index is 3.47. The van der Waals surface area contributed by atoms with Crippen molar-refractivity contribution >= 4 is 17.0 Å². The van der Waals surface area contributed by atoms with Crippen molar-refractivity contribution in [3.05, 3.63) is 52.2 Å². The predicted octanol–water partition coefficient (Wildman–Crippen LogP) is 4.75. The van der Waals surface area contributed by atoms with Crippen molar-refractivity contribution in [3.8, 4) is 0 Å². The molecule has 0 unspecified atom stereocenters. The predicted molar refractivity (Wildman–Crippen MR) is 81.6 cm³/mol. The number of hydrogen-bond acceptors (Lipinski definition) is 2. The highest BCUT2D eigenvalue weighted by Crippen LogP contribution is 2.13. The molecule has 0 atom stereocenters. The summed E-state index contributed by atoms with van der Waals surface area (Å²) in [6.45, 7) is 3.25. The molecule has 18 heavy (non-hydrogen) atoms. The summed E-state index contributed by atoms with van der Waals surface area (Å²) in [7, 11) is 0. The first-order valence-electron chi connectivity index (χ1n) is 6.73. The van der Waals surface area contributed by atoms with E-state index in [-0.39, 0.29) is 0 Å². The van der Waals surface area contributed by atoms with Crippen molar-refractivity contribution in [2.45, 2.75) is 32.6 Å². The Morgan fingerprint density at radius 1 is 1.06 bits per heavy atom. The number of aryl methyl sites for hydroxylation is 1. The smallest absolute Gasteiger partial charge is 0.0340 e. The Morgan fingerprint density at radius 3 is 2.56 bits per heavy atom. The first kappa shape index (κ1) is 13.2. The Balaban J connectivity index is 1.75. The average Bonchev–Trinajstić information content (AvgIpc) is 2.91. The highest BCUT2D eigenvalue weighted by Gasteiger charge is 1.96. The molecule has 0 amide bonds. The first-order valence-corrected chi connectivity index (χ1v) is 7.61. The second-order valence-corrected chi connectivity index (χ2v) is 5.59.